The molecule has 1 saturated heterocycles. The second-order valence-electron chi connectivity index (χ2n) is 4.56. The molecule has 0 bridgehead atoms. The summed E-state index contributed by atoms with van der Waals surface area (Å²) in [6, 6.07) is 7.95. The first-order chi connectivity index (χ1) is 9.24. The van der Waals surface area contributed by atoms with Crippen molar-refractivity contribution in [3.05, 3.63) is 34.7 Å². The summed E-state index contributed by atoms with van der Waals surface area (Å²) in [5.74, 6) is 2.50. The molecule has 5 heteroatoms. The Morgan fingerprint density at radius 2 is 1.89 bits per heavy atom. The Bertz CT molecular complexity index is 550. The third kappa shape index (κ3) is 2.93. The minimum Gasteiger partial charge on any atom is -0.399 e. The molecule has 2 atom stereocenters. The number of hydrogen-bond donors (Lipinski definition) is 1. The molecular formula is C14H16N2S3. The van der Waals surface area contributed by atoms with Crippen LogP contribution < -0.4 is 5.73 Å². The molecule has 1 aliphatic heterocycles. The zero-order chi connectivity index (χ0) is 13.2. The maximum Gasteiger partial charge on any atom is 0.107 e. The van der Waals surface area contributed by atoms with Crippen molar-refractivity contribution < 1.29 is 0 Å². The Morgan fingerprint density at radius 3 is 2.63 bits per heavy atom. The van der Waals surface area contributed by atoms with Gasteiger partial charge in [0.1, 0.15) is 5.01 Å². The summed E-state index contributed by atoms with van der Waals surface area (Å²) in [4.78, 5) is 4.83. The standard InChI is InChI=1S/C14H16N2S3/c1-9-13(18-7-6-17-9)14-16-12(8-19-14)10-2-4-11(15)5-3-10/h2-5,8-9,13H,6-7,15H2,1H3. The fourth-order valence-electron chi connectivity index (χ4n) is 2.11. The number of thioether (sulfide) groups is 2. The van der Waals surface area contributed by atoms with Gasteiger partial charge >= 0.3 is 0 Å². The first-order valence-electron chi connectivity index (χ1n) is 6.28. The lowest BCUT2D eigenvalue weighted by Gasteiger charge is -2.25. The van der Waals surface area contributed by atoms with Crippen molar-refractivity contribution in [1.29, 1.82) is 0 Å². The van der Waals surface area contributed by atoms with Gasteiger partial charge in [-0.2, -0.15) is 11.8 Å². The van der Waals surface area contributed by atoms with Crippen LogP contribution >= 0.6 is 34.9 Å². The van der Waals surface area contributed by atoms with E-state index in [1.807, 2.05) is 36.0 Å². The summed E-state index contributed by atoms with van der Waals surface area (Å²) < 4.78 is 0. The molecule has 0 radical (unpaired) electrons. The van der Waals surface area contributed by atoms with Gasteiger partial charge in [0.2, 0.25) is 0 Å². The second kappa shape index (κ2) is 5.77. The Kier molecular flexibility index (Phi) is 4.05. The van der Waals surface area contributed by atoms with Gasteiger partial charge in [-0.05, 0) is 12.1 Å². The molecule has 0 aliphatic carbocycles. The van der Waals surface area contributed by atoms with E-state index in [1.165, 1.54) is 16.5 Å². The Labute approximate surface area is 126 Å². The summed E-state index contributed by atoms with van der Waals surface area (Å²) in [5, 5.41) is 4.62. The number of rotatable bonds is 2. The van der Waals surface area contributed by atoms with E-state index < -0.39 is 0 Å². The highest BCUT2D eigenvalue weighted by Gasteiger charge is 2.26. The lowest BCUT2D eigenvalue weighted by molar-refractivity contribution is 0.896. The van der Waals surface area contributed by atoms with Gasteiger partial charge in [0, 0.05) is 33.4 Å². The lowest BCUT2D eigenvalue weighted by atomic mass is 10.1. The molecule has 0 saturated carbocycles. The molecule has 1 aromatic carbocycles. The van der Waals surface area contributed by atoms with E-state index in [1.54, 1.807) is 11.3 Å². The molecule has 19 heavy (non-hydrogen) atoms. The molecule has 1 fully saturated rings. The molecular weight excluding hydrogens is 292 g/mol. The van der Waals surface area contributed by atoms with Crippen LogP contribution in [0.1, 0.15) is 17.2 Å². The van der Waals surface area contributed by atoms with E-state index in [0.29, 0.717) is 10.5 Å². The van der Waals surface area contributed by atoms with Crippen LogP contribution in [-0.4, -0.2) is 21.7 Å². The average molecular weight is 308 g/mol. The number of hydrogen-bond acceptors (Lipinski definition) is 5. The van der Waals surface area contributed by atoms with Crippen molar-refractivity contribution >= 4 is 40.5 Å². The van der Waals surface area contributed by atoms with Crippen LogP contribution in [0.2, 0.25) is 0 Å². The van der Waals surface area contributed by atoms with Gasteiger partial charge in [-0.3, -0.25) is 0 Å². The minimum absolute atomic E-state index is 0.547. The van der Waals surface area contributed by atoms with E-state index in [4.69, 9.17) is 10.7 Å². The molecule has 2 aromatic rings. The van der Waals surface area contributed by atoms with Gasteiger partial charge < -0.3 is 5.73 Å². The molecule has 100 valence electrons. The topological polar surface area (TPSA) is 38.9 Å². The average Bonchev–Trinajstić information content (AvgIpc) is 2.89. The highest BCUT2D eigenvalue weighted by atomic mass is 32.2. The molecule has 2 nitrogen and oxygen atoms in total. The SMILES string of the molecule is CC1SCCSC1c1nc(-c2ccc(N)cc2)cs1. The molecule has 2 N–H and O–H groups in total. The predicted molar refractivity (Wildman–Crippen MR) is 89.1 cm³/mol. The van der Waals surface area contributed by atoms with Gasteiger partial charge in [0.15, 0.2) is 0 Å². The first kappa shape index (κ1) is 13.3. The molecule has 0 spiro atoms. The number of anilines is 1. The number of nitrogens with two attached hydrogens (primary N) is 1. The van der Waals surface area contributed by atoms with Crippen molar-refractivity contribution in [2.45, 2.75) is 17.4 Å². The smallest absolute Gasteiger partial charge is 0.107 e. The third-order valence-corrected chi connectivity index (χ3v) is 7.34. The number of benzene rings is 1. The predicted octanol–water partition coefficient (Wildman–Crippen LogP) is 4.30. The van der Waals surface area contributed by atoms with E-state index in [2.05, 4.69) is 24.1 Å². The molecule has 3 rings (SSSR count). The summed E-state index contributed by atoms with van der Waals surface area (Å²) >= 11 is 5.88. The van der Waals surface area contributed by atoms with E-state index in [9.17, 15) is 0 Å². The summed E-state index contributed by atoms with van der Waals surface area (Å²) in [7, 11) is 0. The fourth-order valence-corrected chi connectivity index (χ4v) is 6.11. The van der Waals surface area contributed by atoms with Gasteiger partial charge in [-0.15, -0.1) is 23.1 Å². The Hall–Kier alpha value is -0.650. The molecule has 1 aromatic heterocycles. The monoisotopic (exact) mass is 308 g/mol. The highest BCUT2D eigenvalue weighted by molar-refractivity contribution is 8.06. The summed E-state index contributed by atoms with van der Waals surface area (Å²) in [6.45, 7) is 2.31. The van der Waals surface area contributed by atoms with Crippen LogP contribution in [-0.2, 0) is 0 Å². The van der Waals surface area contributed by atoms with E-state index >= 15 is 0 Å². The van der Waals surface area contributed by atoms with E-state index in [-0.39, 0.29) is 0 Å². The largest absolute Gasteiger partial charge is 0.399 e. The van der Waals surface area contributed by atoms with Crippen molar-refractivity contribution in [2.75, 3.05) is 17.2 Å². The number of nitrogen functional groups attached to an aromatic ring is 1. The lowest BCUT2D eigenvalue weighted by Crippen LogP contribution is -2.15. The second-order valence-corrected chi connectivity index (χ2v) is 8.18. The zero-order valence-corrected chi connectivity index (χ0v) is 13.2. The zero-order valence-electron chi connectivity index (χ0n) is 10.7. The van der Waals surface area contributed by atoms with E-state index in [0.717, 1.165) is 16.9 Å². The van der Waals surface area contributed by atoms with Crippen molar-refractivity contribution in [3.63, 3.8) is 0 Å². The van der Waals surface area contributed by atoms with Crippen LogP contribution in [0.25, 0.3) is 11.3 Å². The number of thiazole rings is 1. The number of aromatic nitrogens is 1. The quantitative estimate of drug-likeness (QED) is 0.840. The third-order valence-electron chi connectivity index (χ3n) is 3.16. The van der Waals surface area contributed by atoms with Gasteiger partial charge in [0.05, 0.1) is 10.9 Å². The molecule has 0 amide bonds. The molecule has 2 heterocycles. The maximum absolute atomic E-state index is 5.72. The maximum atomic E-state index is 5.72. The summed E-state index contributed by atoms with van der Waals surface area (Å²) in [6.07, 6.45) is 0. The minimum atomic E-state index is 0.547. The summed E-state index contributed by atoms with van der Waals surface area (Å²) in [5.41, 5.74) is 8.74. The van der Waals surface area contributed by atoms with Crippen molar-refractivity contribution in [1.82, 2.24) is 4.98 Å². The molecule has 2 unspecified atom stereocenters. The van der Waals surface area contributed by atoms with Crippen LogP contribution in [0, 0.1) is 0 Å². The number of nitrogens with zero attached hydrogens (tertiary/aromatic N) is 1. The van der Waals surface area contributed by atoms with Crippen LogP contribution in [0.5, 0.6) is 0 Å². The van der Waals surface area contributed by atoms with Gasteiger partial charge in [0.25, 0.3) is 0 Å². The Morgan fingerprint density at radius 1 is 1.16 bits per heavy atom. The van der Waals surface area contributed by atoms with Crippen LogP contribution in [0.4, 0.5) is 5.69 Å². The first-order valence-corrected chi connectivity index (χ1v) is 9.26. The molecule has 1 aliphatic rings. The van der Waals surface area contributed by atoms with Crippen molar-refractivity contribution in [3.8, 4) is 11.3 Å². The fraction of sp³-hybridized carbons (Fsp3) is 0.357. The Balaban J connectivity index is 1.84. The highest BCUT2D eigenvalue weighted by Crippen LogP contribution is 2.44. The van der Waals surface area contributed by atoms with Crippen molar-refractivity contribution in [2.24, 2.45) is 0 Å². The van der Waals surface area contributed by atoms with Gasteiger partial charge in [-0.1, -0.05) is 19.1 Å². The normalized spacial score (nSPS) is 23.4. The van der Waals surface area contributed by atoms with Crippen LogP contribution in [0.15, 0.2) is 29.6 Å². The van der Waals surface area contributed by atoms with Gasteiger partial charge in [-0.25, -0.2) is 4.98 Å². The van der Waals surface area contributed by atoms with Crippen LogP contribution in [0.3, 0.4) is 0 Å².